The van der Waals surface area contributed by atoms with Crippen molar-refractivity contribution >= 4 is 0 Å². The lowest BCUT2D eigenvalue weighted by molar-refractivity contribution is 0.809. The van der Waals surface area contributed by atoms with Crippen LogP contribution in [0.3, 0.4) is 0 Å². The molecule has 2 atom stereocenters. The molecule has 2 rings (SSSR count). The van der Waals surface area contributed by atoms with Crippen molar-refractivity contribution in [3.63, 3.8) is 0 Å². The highest BCUT2D eigenvalue weighted by molar-refractivity contribution is 5.28. The van der Waals surface area contributed by atoms with Gasteiger partial charge in [0.25, 0.3) is 0 Å². The molecule has 0 heterocycles. The van der Waals surface area contributed by atoms with E-state index in [0.717, 1.165) is 18.4 Å². The molecule has 0 saturated heterocycles. The Hall–Kier alpha value is -0.820. The standard InChI is InChI=1S/C11H15N/c1-8-2-4-9(5-3-8)11-6-10(11)7-12/h2-5,10-11H,6-7,12H2,1H3. The highest BCUT2D eigenvalue weighted by Crippen LogP contribution is 2.46. The number of hydrogen-bond donors (Lipinski definition) is 1. The fraction of sp³-hybridized carbons (Fsp3) is 0.455. The van der Waals surface area contributed by atoms with Crippen molar-refractivity contribution in [1.29, 1.82) is 0 Å². The summed E-state index contributed by atoms with van der Waals surface area (Å²) in [6, 6.07) is 8.83. The van der Waals surface area contributed by atoms with Gasteiger partial charge in [-0.1, -0.05) is 29.8 Å². The molecule has 1 aliphatic rings. The van der Waals surface area contributed by atoms with E-state index in [1.165, 1.54) is 17.5 Å². The molecule has 1 aromatic carbocycles. The summed E-state index contributed by atoms with van der Waals surface area (Å²) >= 11 is 0. The predicted molar refractivity (Wildman–Crippen MR) is 51.1 cm³/mol. The predicted octanol–water partition coefficient (Wildman–Crippen LogP) is 2.06. The third kappa shape index (κ3) is 1.37. The number of hydrogen-bond acceptors (Lipinski definition) is 1. The summed E-state index contributed by atoms with van der Waals surface area (Å²) in [6.07, 6.45) is 1.29. The SMILES string of the molecule is Cc1ccc(C2CC2CN)cc1. The number of nitrogens with two attached hydrogens (primary N) is 1. The monoisotopic (exact) mass is 161 g/mol. The lowest BCUT2D eigenvalue weighted by atomic mass is 10.1. The van der Waals surface area contributed by atoms with Crippen molar-refractivity contribution in [2.24, 2.45) is 11.7 Å². The van der Waals surface area contributed by atoms with Gasteiger partial charge in [-0.25, -0.2) is 0 Å². The van der Waals surface area contributed by atoms with Gasteiger partial charge in [0.15, 0.2) is 0 Å². The first-order valence-corrected chi connectivity index (χ1v) is 4.58. The second kappa shape index (κ2) is 2.91. The Kier molecular flexibility index (Phi) is 1.89. The maximum Gasteiger partial charge on any atom is -0.00428 e. The summed E-state index contributed by atoms with van der Waals surface area (Å²) in [7, 11) is 0. The molecule has 1 saturated carbocycles. The minimum atomic E-state index is 0.757. The highest BCUT2D eigenvalue weighted by atomic mass is 14.6. The normalized spacial score (nSPS) is 27.2. The Labute approximate surface area is 73.6 Å². The van der Waals surface area contributed by atoms with Gasteiger partial charge in [0.2, 0.25) is 0 Å². The van der Waals surface area contributed by atoms with E-state index in [1.54, 1.807) is 0 Å². The molecule has 12 heavy (non-hydrogen) atoms. The molecular formula is C11H15N. The van der Waals surface area contributed by atoms with Crippen molar-refractivity contribution in [3.05, 3.63) is 35.4 Å². The van der Waals surface area contributed by atoms with Crippen LogP contribution in [0, 0.1) is 12.8 Å². The van der Waals surface area contributed by atoms with Crippen molar-refractivity contribution in [2.45, 2.75) is 19.3 Å². The summed E-state index contributed by atoms with van der Waals surface area (Å²) in [5, 5.41) is 0. The van der Waals surface area contributed by atoms with E-state index in [4.69, 9.17) is 5.73 Å². The third-order valence-corrected chi connectivity index (χ3v) is 2.73. The van der Waals surface area contributed by atoms with E-state index in [0.29, 0.717) is 0 Å². The number of rotatable bonds is 2. The van der Waals surface area contributed by atoms with Crippen LogP contribution in [0.2, 0.25) is 0 Å². The molecular weight excluding hydrogens is 146 g/mol. The van der Waals surface area contributed by atoms with Gasteiger partial charge in [-0.15, -0.1) is 0 Å². The zero-order valence-corrected chi connectivity index (χ0v) is 7.46. The second-order valence-electron chi connectivity index (χ2n) is 3.75. The molecule has 0 radical (unpaired) electrons. The van der Waals surface area contributed by atoms with Gasteiger partial charge in [0, 0.05) is 0 Å². The van der Waals surface area contributed by atoms with Gasteiger partial charge in [-0.05, 0) is 37.3 Å². The quantitative estimate of drug-likeness (QED) is 0.706. The fourth-order valence-corrected chi connectivity index (χ4v) is 1.73. The van der Waals surface area contributed by atoms with Gasteiger partial charge >= 0.3 is 0 Å². The van der Waals surface area contributed by atoms with Crippen molar-refractivity contribution in [1.82, 2.24) is 0 Å². The van der Waals surface area contributed by atoms with E-state index in [9.17, 15) is 0 Å². The van der Waals surface area contributed by atoms with Crippen LogP contribution in [-0.4, -0.2) is 6.54 Å². The van der Waals surface area contributed by atoms with E-state index >= 15 is 0 Å². The molecule has 0 amide bonds. The molecule has 0 aromatic heterocycles. The zero-order valence-electron chi connectivity index (χ0n) is 7.46. The lowest BCUT2D eigenvalue weighted by Gasteiger charge is -1.99. The average Bonchev–Trinajstić information content (AvgIpc) is 2.85. The maximum atomic E-state index is 5.59. The zero-order chi connectivity index (χ0) is 8.55. The van der Waals surface area contributed by atoms with E-state index in [-0.39, 0.29) is 0 Å². The molecule has 1 aliphatic carbocycles. The Morgan fingerprint density at radius 1 is 1.33 bits per heavy atom. The van der Waals surface area contributed by atoms with Crippen LogP contribution in [0.5, 0.6) is 0 Å². The molecule has 0 aliphatic heterocycles. The third-order valence-electron chi connectivity index (χ3n) is 2.73. The smallest absolute Gasteiger partial charge is 0.00428 e. The van der Waals surface area contributed by atoms with Crippen molar-refractivity contribution in [2.75, 3.05) is 6.54 Å². The number of benzene rings is 1. The summed E-state index contributed by atoms with van der Waals surface area (Å²) in [4.78, 5) is 0. The van der Waals surface area contributed by atoms with Gasteiger partial charge in [0.05, 0.1) is 0 Å². The topological polar surface area (TPSA) is 26.0 Å². The first kappa shape index (κ1) is 7.81. The van der Waals surface area contributed by atoms with Crippen LogP contribution >= 0.6 is 0 Å². The average molecular weight is 161 g/mol. The van der Waals surface area contributed by atoms with Crippen LogP contribution in [-0.2, 0) is 0 Å². The largest absolute Gasteiger partial charge is 0.330 e. The van der Waals surface area contributed by atoms with Gasteiger partial charge in [0.1, 0.15) is 0 Å². The van der Waals surface area contributed by atoms with Gasteiger partial charge < -0.3 is 5.73 Å². The fourth-order valence-electron chi connectivity index (χ4n) is 1.73. The molecule has 2 unspecified atom stereocenters. The van der Waals surface area contributed by atoms with E-state index < -0.39 is 0 Å². The molecule has 1 nitrogen and oxygen atoms in total. The molecule has 2 N–H and O–H groups in total. The Bertz CT molecular complexity index is 263. The first-order valence-electron chi connectivity index (χ1n) is 4.58. The molecule has 64 valence electrons. The lowest BCUT2D eigenvalue weighted by Crippen LogP contribution is -2.01. The van der Waals surface area contributed by atoms with Crippen LogP contribution in [0.1, 0.15) is 23.5 Å². The molecule has 1 heteroatoms. The summed E-state index contributed by atoms with van der Waals surface area (Å²) in [5.41, 5.74) is 8.40. The summed E-state index contributed by atoms with van der Waals surface area (Å²) in [5.74, 6) is 1.52. The Balaban J connectivity index is 2.10. The van der Waals surface area contributed by atoms with Crippen LogP contribution in [0.25, 0.3) is 0 Å². The highest BCUT2D eigenvalue weighted by Gasteiger charge is 2.36. The Morgan fingerprint density at radius 3 is 2.50 bits per heavy atom. The van der Waals surface area contributed by atoms with E-state index in [1.807, 2.05) is 0 Å². The van der Waals surface area contributed by atoms with Crippen molar-refractivity contribution in [3.8, 4) is 0 Å². The number of aryl methyl sites for hydroxylation is 1. The Morgan fingerprint density at radius 2 is 2.00 bits per heavy atom. The summed E-state index contributed by atoms with van der Waals surface area (Å²) < 4.78 is 0. The van der Waals surface area contributed by atoms with E-state index in [2.05, 4.69) is 31.2 Å². The van der Waals surface area contributed by atoms with Crippen molar-refractivity contribution < 1.29 is 0 Å². The first-order chi connectivity index (χ1) is 5.81. The minimum Gasteiger partial charge on any atom is -0.330 e. The maximum absolute atomic E-state index is 5.59. The van der Waals surface area contributed by atoms with Crippen LogP contribution in [0.4, 0.5) is 0 Å². The van der Waals surface area contributed by atoms with Crippen LogP contribution < -0.4 is 5.73 Å². The second-order valence-corrected chi connectivity index (χ2v) is 3.75. The summed E-state index contributed by atoms with van der Waals surface area (Å²) in [6.45, 7) is 2.97. The molecule has 0 bridgehead atoms. The van der Waals surface area contributed by atoms with Gasteiger partial charge in [-0.3, -0.25) is 0 Å². The van der Waals surface area contributed by atoms with Gasteiger partial charge in [-0.2, -0.15) is 0 Å². The molecule has 0 spiro atoms. The molecule has 1 fully saturated rings. The minimum absolute atomic E-state index is 0.757. The molecule has 1 aromatic rings. The van der Waals surface area contributed by atoms with Crippen LogP contribution in [0.15, 0.2) is 24.3 Å².